The number of aliphatic hydroxyl groups is 1. The van der Waals surface area contributed by atoms with Crippen LogP contribution >= 0.6 is 0 Å². The van der Waals surface area contributed by atoms with Crippen molar-refractivity contribution in [3.05, 3.63) is 52.6 Å². The molecule has 35 heavy (non-hydrogen) atoms. The van der Waals surface area contributed by atoms with Crippen LogP contribution in [0, 0.1) is 0 Å². The van der Waals surface area contributed by atoms with Crippen LogP contribution in [0.1, 0.15) is 103 Å². The fourth-order valence-electron chi connectivity index (χ4n) is 6.28. The number of urea groups is 1. The van der Waals surface area contributed by atoms with Crippen molar-refractivity contribution in [2.75, 3.05) is 18.5 Å². The molecule has 0 spiro atoms. The van der Waals surface area contributed by atoms with E-state index >= 15 is 0 Å². The number of aliphatic hydroxyl groups excluding tert-OH is 1. The second-order valence-corrected chi connectivity index (χ2v) is 13.3. The molecule has 0 unspecified atom stereocenters. The molecule has 0 saturated carbocycles. The van der Waals surface area contributed by atoms with Gasteiger partial charge in [0.25, 0.3) is 0 Å². The Bertz CT molecular complexity index is 1070. The van der Waals surface area contributed by atoms with E-state index in [0.717, 1.165) is 5.69 Å². The summed E-state index contributed by atoms with van der Waals surface area (Å²) in [7, 11) is 0. The molecule has 0 aromatic heterocycles. The van der Waals surface area contributed by atoms with Gasteiger partial charge >= 0.3 is 6.03 Å². The number of anilines is 1. The second kappa shape index (κ2) is 8.65. The molecule has 0 saturated heterocycles. The number of rotatable bonds is 4. The van der Waals surface area contributed by atoms with Crippen LogP contribution in [0.15, 0.2) is 30.3 Å². The van der Waals surface area contributed by atoms with Gasteiger partial charge in [0.15, 0.2) is 0 Å². The van der Waals surface area contributed by atoms with Crippen molar-refractivity contribution in [2.45, 2.75) is 103 Å². The van der Waals surface area contributed by atoms with Crippen LogP contribution in [0.2, 0.25) is 0 Å². The highest BCUT2D eigenvalue weighted by Crippen LogP contribution is 2.57. The van der Waals surface area contributed by atoms with E-state index in [-0.39, 0.29) is 40.8 Å². The van der Waals surface area contributed by atoms with Crippen molar-refractivity contribution >= 4 is 11.7 Å². The predicted molar refractivity (Wildman–Crippen MR) is 147 cm³/mol. The number of fused-ring (bicyclic) bond motifs is 2. The summed E-state index contributed by atoms with van der Waals surface area (Å²) in [4.78, 5) is 12.1. The average Bonchev–Trinajstić information content (AvgIpc) is 2.78. The third kappa shape index (κ3) is 4.62. The summed E-state index contributed by atoms with van der Waals surface area (Å²) in [6, 6.07) is 10.6. The van der Waals surface area contributed by atoms with Crippen LogP contribution in [-0.2, 0) is 21.7 Å². The number of amides is 2. The third-order valence-electron chi connectivity index (χ3n) is 8.72. The van der Waals surface area contributed by atoms with Gasteiger partial charge in [-0.05, 0) is 92.9 Å². The molecule has 0 aliphatic heterocycles. The lowest BCUT2D eigenvalue weighted by Gasteiger charge is -2.49. The predicted octanol–water partition coefficient (Wildman–Crippen LogP) is 7.17. The number of benzene rings is 2. The fraction of sp³-hybridized carbons (Fsp3) is 0.581. The van der Waals surface area contributed by atoms with Crippen LogP contribution in [-0.4, -0.2) is 24.3 Å². The van der Waals surface area contributed by atoms with Gasteiger partial charge < -0.3 is 15.7 Å². The summed E-state index contributed by atoms with van der Waals surface area (Å²) in [5, 5.41) is 14.5. The largest absolute Gasteiger partial charge is 0.395 e. The van der Waals surface area contributed by atoms with Crippen LogP contribution < -0.4 is 10.6 Å². The monoisotopic (exact) mass is 476 g/mol. The third-order valence-corrected chi connectivity index (χ3v) is 8.72. The molecule has 2 aliphatic rings. The van der Waals surface area contributed by atoms with E-state index in [0.29, 0.717) is 0 Å². The summed E-state index contributed by atoms with van der Waals surface area (Å²) < 4.78 is 0. The van der Waals surface area contributed by atoms with E-state index in [1.807, 2.05) is 12.1 Å². The van der Waals surface area contributed by atoms with Crippen molar-refractivity contribution in [3.63, 3.8) is 0 Å². The van der Waals surface area contributed by atoms with E-state index in [1.165, 1.54) is 59.1 Å². The van der Waals surface area contributed by atoms with E-state index in [2.05, 4.69) is 84.2 Å². The van der Waals surface area contributed by atoms with Crippen LogP contribution in [0.3, 0.4) is 0 Å². The van der Waals surface area contributed by atoms with E-state index in [1.54, 1.807) is 0 Å². The number of carbonyl (C=O) groups excluding carboxylic acids is 1. The highest BCUT2D eigenvalue weighted by molar-refractivity contribution is 5.90. The molecule has 0 heterocycles. The summed E-state index contributed by atoms with van der Waals surface area (Å²) in [6.07, 6.45) is 4.74. The Morgan fingerprint density at radius 2 is 1.23 bits per heavy atom. The Morgan fingerprint density at radius 3 is 1.69 bits per heavy atom. The van der Waals surface area contributed by atoms with Crippen molar-refractivity contribution in [1.29, 1.82) is 0 Å². The molecule has 0 atom stereocenters. The van der Waals surface area contributed by atoms with Gasteiger partial charge in [-0.15, -0.1) is 0 Å². The summed E-state index contributed by atoms with van der Waals surface area (Å²) in [6.45, 7) is 19.5. The first-order valence-corrected chi connectivity index (χ1v) is 13.2. The second-order valence-electron chi connectivity index (χ2n) is 13.3. The van der Waals surface area contributed by atoms with Gasteiger partial charge in [0.05, 0.1) is 6.61 Å². The molecule has 2 amide bonds. The van der Waals surface area contributed by atoms with Gasteiger partial charge in [0.1, 0.15) is 0 Å². The zero-order valence-electron chi connectivity index (χ0n) is 23.0. The number of nitrogens with one attached hydrogen (secondary N) is 2. The molecule has 2 aromatic rings. The van der Waals surface area contributed by atoms with Crippen molar-refractivity contribution in [3.8, 4) is 11.1 Å². The smallest absolute Gasteiger partial charge is 0.319 e. The number of hydrogen-bond acceptors (Lipinski definition) is 2. The van der Waals surface area contributed by atoms with E-state index in [4.69, 9.17) is 5.11 Å². The minimum atomic E-state index is -0.299. The zero-order chi connectivity index (χ0) is 25.8. The Labute approximate surface area is 211 Å². The summed E-state index contributed by atoms with van der Waals surface area (Å²) in [5.74, 6) is 0. The van der Waals surface area contributed by atoms with Gasteiger partial charge in [-0.25, -0.2) is 4.79 Å². The molecule has 190 valence electrons. The molecule has 4 heteroatoms. The Balaban J connectivity index is 1.95. The lowest BCUT2D eigenvalue weighted by molar-refractivity contribution is 0.245. The van der Waals surface area contributed by atoms with E-state index < -0.39 is 0 Å². The fourth-order valence-corrected chi connectivity index (χ4v) is 6.28. The molecule has 0 fully saturated rings. The maximum atomic E-state index is 12.1. The van der Waals surface area contributed by atoms with Gasteiger partial charge in [-0.1, -0.05) is 73.6 Å². The Hall–Kier alpha value is -2.33. The van der Waals surface area contributed by atoms with Crippen LogP contribution in [0.25, 0.3) is 11.1 Å². The number of carbonyl (C=O) groups is 1. The number of hydrogen-bond donors (Lipinski definition) is 3. The van der Waals surface area contributed by atoms with Gasteiger partial charge in [-0.2, -0.15) is 0 Å². The van der Waals surface area contributed by atoms with Crippen molar-refractivity contribution in [2.24, 2.45) is 0 Å². The van der Waals surface area contributed by atoms with Crippen molar-refractivity contribution in [1.82, 2.24) is 5.32 Å². The highest BCUT2D eigenvalue weighted by atomic mass is 16.3. The molecule has 0 radical (unpaired) electrons. The van der Waals surface area contributed by atoms with Gasteiger partial charge in [0, 0.05) is 12.2 Å². The SMILES string of the molecule is CC1(C)CCC(C)(C)c2c1cc1c(c2-c2ccc(NC(=O)NCCO)cc2)C(C)(C)CCC1(C)C. The molecular weight excluding hydrogens is 432 g/mol. The Morgan fingerprint density at radius 1 is 0.771 bits per heavy atom. The lowest BCUT2D eigenvalue weighted by atomic mass is 9.55. The van der Waals surface area contributed by atoms with Gasteiger partial charge in [-0.3, -0.25) is 0 Å². The zero-order valence-corrected chi connectivity index (χ0v) is 23.0. The molecule has 2 aliphatic carbocycles. The summed E-state index contributed by atoms with van der Waals surface area (Å²) in [5.41, 5.74) is 9.92. The van der Waals surface area contributed by atoms with E-state index in [9.17, 15) is 4.79 Å². The first-order chi connectivity index (χ1) is 16.2. The lowest BCUT2D eigenvalue weighted by Crippen LogP contribution is -2.40. The molecule has 4 rings (SSSR count). The topological polar surface area (TPSA) is 61.4 Å². The maximum absolute atomic E-state index is 12.1. The minimum absolute atomic E-state index is 0.0746. The average molecular weight is 477 g/mol. The molecular formula is C31H44N2O2. The Kier molecular flexibility index (Phi) is 6.37. The van der Waals surface area contributed by atoms with Crippen LogP contribution in [0.4, 0.5) is 10.5 Å². The molecule has 0 bridgehead atoms. The van der Waals surface area contributed by atoms with Crippen LogP contribution in [0.5, 0.6) is 0 Å². The summed E-state index contributed by atoms with van der Waals surface area (Å²) >= 11 is 0. The first kappa shape index (κ1) is 25.8. The van der Waals surface area contributed by atoms with Gasteiger partial charge in [0.2, 0.25) is 0 Å². The highest BCUT2D eigenvalue weighted by Gasteiger charge is 2.46. The minimum Gasteiger partial charge on any atom is -0.395 e. The quantitative estimate of drug-likeness (QED) is 0.438. The molecule has 4 nitrogen and oxygen atoms in total. The normalized spacial score (nSPS) is 20.9. The first-order valence-electron chi connectivity index (χ1n) is 13.2. The standard InChI is InChI=1S/C31H44N2O2/c1-28(2)13-15-30(5,6)25-22(28)19-23-26(31(7,8)16-14-29(23,3)4)24(25)20-9-11-21(12-10-20)33-27(35)32-17-18-34/h9-12,19,34H,13-18H2,1-8H3,(H2,32,33,35). The van der Waals surface area contributed by atoms with Crippen molar-refractivity contribution < 1.29 is 9.90 Å². The molecule has 3 N–H and O–H groups in total. The molecule has 2 aromatic carbocycles. The maximum Gasteiger partial charge on any atom is 0.319 e.